The summed E-state index contributed by atoms with van der Waals surface area (Å²) >= 11 is 0.946. The second-order valence-electron chi connectivity index (χ2n) is 5.85. The van der Waals surface area contributed by atoms with E-state index in [0.29, 0.717) is 17.5 Å². The molecule has 29 heavy (non-hydrogen) atoms. The van der Waals surface area contributed by atoms with Crippen LogP contribution in [0.25, 0.3) is 5.69 Å². The van der Waals surface area contributed by atoms with Crippen LogP contribution in [0.15, 0.2) is 46.9 Å². The summed E-state index contributed by atoms with van der Waals surface area (Å²) in [4.78, 5) is 7.64. The lowest BCUT2D eigenvalue weighted by Crippen LogP contribution is -2.36. The molecule has 154 valence electrons. The third-order valence-electron chi connectivity index (χ3n) is 3.89. The van der Waals surface area contributed by atoms with Gasteiger partial charge in [-0.1, -0.05) is 0 Å². The molecule has 0 fully saturated rings. The summed E-state index contributed by atoms with van der Waals surface area (Å²) in [7, 11) is 3.19. The standard InChI is InChI=1S/C18H19F3N6OS/c1-22-17(24-10-16-25-15(11-29-16)18(19,20)21)23-9-12-7-8-27(26-12)13-3-5-14(28-2)6-4-13/h3-8,11H,9-10H2,1-2H3,(H2,22,23,24). The number of rotatable bonds is 6. The number of thiazole rings is 1. The fourth-order valence-corrected chi connectivity index (χ4v) is 3.15. The van der Waals surface area contributed by atoms with Crippen molar-refractivity contribution in [1.29, 1.82) is 0 Å². The smallest absolute Gasteiger partial charge is 0.434 e. The molecule has 0 amide bonds. The quantitative estimate of drug-likeness (QED) is 0.469. The van der Waals surface area contributed by atoms with Gasteiger partial charge in [-0.2, -0.15) is 18.3 Å². The highest BCUT2D eigenvalue weighted by Gasteiger charge is 2.33. The van der Waals surface area contributed by atoms with Crippen molar-refractivity contribution in [2.24, 2.45) is 4.99 Å². The van der Waals surface area contributed by atoms with Gasteiger partial charge >= 0.3 is 6.18 Å². The second kappa shape index (κ2) is 8.95. The fourth-order valence-electron chi connectivity index (χ4n) is 2.41. The Morgan fingerprint density at radius 2 is 1.90 bits per heavy atom. The van der Waals surface area contributed by atoms with Crippen LogP contribution in [0.1, 0.15) is 16.4 Å². The molecule has 0 aliphatic carbocycles. The number of benzene rings is 1. The van der Waals surface area contributed by atoms with Crippen molar-refractivity contribution in [2.75, 3.05) is 14.2 Å². The summed E-state index contributed by atoms with van der Waals surface area (Å²) in [6.45, 7) is 0.537. The van der Waals surface area contributed by atoms with Crippen molar-refractivity contribution in [1.82, 2.24) is 25.4 Å². The lowest BCUT2D eigenvalue weighted by Gasteiger charge is -2.09. The van der Waals surface area contributed by atoms with Gasteiger partial charge in [-0.05, 0) is 30.3 Å². The van der Waals surface area contributed by atoms with Crippen LogP contribution < -0.4 is 15.4 Å². The summed E-state index contributed by atoms with van der Waals surface area (Å²) in [5.74, 6) is 1.20. The molecule has 0 atom stereocenters. The Morgan fingerprint density at radius 1 is 1.17 bits per heavy atom. The minimum Gasteiger partial charge on any atom is -0.497 e. The maximum atomic E-state index is 12.6. The van der Waals surface area contributed by atoms with Gasteiger partial charge in [0.1, 0.15) is 10.8 Å². The van der Waals surface area contributed by atoms with Crippen molar-refractivity contribution in [3.8, 4) is 11.4 Å². The van der Waals surface area contributed by atoms with Crippen LogP contribution in [0.5, 0.6) is 5.75 Å². The molecule has 0 saturated carbocycles. The molecule has 0 spiro atoms. The zero-order valence-electron chi connectivity index (χ0n) is 15.7. The molecule has 2 heterocycles. The molecule has 0 aliphatic heterocycles. The van der Waals surface area contributed by atoms with E-state index in [-0.39, 0.29) is 6.54 Å². The van der Waals surface area contributed by atoms with Crippen molar-refractivity contribution in [3.05, 3.63) is 58.3 Å². The first kappa shape index (κ1) is 20.6. The van der Waals surface area contributed by atoms with Crippen LogP contribution in [0.3, 0.4) is 0 Å². The zero-order valence-corrected chi connectivity index (χ0v) is 16.5. The largest absolute Gasteiger partial charge is 0.497 e. The molecular weight excluding hydrogens is 405 g/mol. The topological polar surface area (TPSA) is 76.4 Å². The molecule has 7 nitrogen and oxygen atoms in total. The first-order valence-corrected chi connectivity index (χ1v) is 9.42. The molecule has 2 aromatic heterocycles. The highest BCUT2D eigenvalue weighted by atomic mass is 32.1. The molecule has 0 aliphatic rings. The fraction of sp³-hybridized carbons (Fsp3) is 0.278. The maximum Gasteiger partial charge on any atom is 0.434 e. The molecule has 0 unspecified atom stereocenters. The van der Waals surface area contributed by atoms with Gasteiger partial charge in [0.15, 0.2) is 11.7 Å². The highest BCUT2D eigenvalue weighted by Crippen LogP contribution is 2.29. The monoisotopic (exact) mass is 424 g/mol. The van der Waals surface area contributed by atoms with Crippen LogP contribution >= 0.6 is 11.3 Å². The zero-order chi connectivity index (χ0) is 20.9. The summed E-state index contributed by atoms with van der Waals surface area (Å²) in [6, 6.07) is 9.35. The van der Waals surface area contributed by atoms with Gasteiger partial charge < -0.3 is 15.4 Å². The van der Waals surface area contributed by atoms with Crippen LogP contribution in [-0.4, -0.2) is 34.9 Å². The summed E-state index contributed by atoms with van der Waals surface area (Å²) in [5, 5.41) is 11.8. The number of methoxy groups -OCH3 is 1. The minimum atomic E-state index is -4.43. The number of halogens is 3. The Kier molecular flexibility index (Phi) is 6.37. The predicted molar refractivity (Wildman–Crippen MR) is 104 cm³/mol. The van der Waals surface area contributed by atoms with Crippen molar-refractivity contribution in [2.45, 2.75) is 19.3 Å². The third kappa shape index (κ3) is 5.47. The average Bonchev–Trinajstić information content (AvgIpc) is 3.38. The molecule has 3 aromatic rings. The van der Waals surface area contributed by atoms with E-state index >= 15 is 0 Å². The Morgan fingerprint density at radius 3 is 2.52 bits per heavy atom. The Bertz CT molecular complexity index is 965. The number of nitrogens with zero attached hydrogens (tertiary/aromatic N) is 4. The molecule has 1 aromatic carbocycles. The van der Waals surface area contributed by atoms with E-state index in [1.807, 2.05) is 36.5 Å². The Balaban J connectivity index is 1.53. The number of aromatic nitrogens is 3. The van der Waals surface area contributed by atoms with E-state index in [0.717, 1.165) is 33.8 Å². The number of hydrogen-bond acceptors (Lipinski definition) is 5. The molecular formula is C18H19F3N6OS. The summed E-state index contributed by atoms with van der Waals surface area (Å²) in [5.41, 5.74) is 0.785. The first-order valence-electron chi connectivity index (χ1n) is 8.54. The lowest BCUT2D eigenvalue weighted by atomic mass is 10.3. The molecule has 11 heteroatoms. The number of alkyl halides is 3. The van der Waals surface area contributed by atoms with Crippen molar-refractivity contribution < 1.29 is 17.9 Å². The second-order valence-corrected chi connectivity index (χ2v) is 6.80. The van der Waals surface area contributed by atoms with E-state index in [1.54, 1.807) is 18.8 Å². The van der Waals surface area contributed by atoms with Crippen LogP contribution in [0.2, 0.25) is 0 Å². The normalized spacial score (nSPS) is 12.1. The van der Waals surface area contributed by atoms with E-state index < -0.39 is 11.9 Å². The maximum absolute atomic E-state index is 12.6. The third-order valence-corrected chi connectivity index (χ3v) is 4.74. The highest BCUT2D eigenvalue weighted by molar-refractivity contribution is 7.09. The molecule has 0 radical (unpaired) electrons. The number of ether oxygens (including phenoxy) is 1. The van der Waals surface area contributed by atoms with Crippen molar-refractivity contribution in [3.63, 3.8) is 0 Å². The first-order chi connectivity index (χ1) is 13.9. The van der Waals surface area contributed by atoms with Gasteiger partial charge in [-0.15, -0.1) is 11.3 Å². The number of aliphatic imine (C=N–C) groups is 1. The molecule has 3 rings (SSSR count). The van der Waals surface area contributed by atoms with Gasteiger partial charge in [0.25, 0.3) is 0 Å². The molecule has 0 saturated heterocycles. The van der Waals surface area contributed by atoms with E-state index in [9.17, 15) is 13.2 Å². The summed E-state index contributed by atoms with van der Waals surface area (Å²) in [6.07, 6.45) is -2.60. The SMILES string of the molecule is CN=C(NCc1ccn(-c2ccc(OC)cc2)n1)NCc1nc(C(F)(F)F)cs1. The number of guanidine groups is 1. The van der Waals surface area contributed by atoms with Gasteiger partial charge in [0.05, 0.1) is 31.6 Å². The van der Waals surface area contributed by atoms with Crippen LogP contribution in [0, 0.1) is 0 Å². The van der Waals surface area contributed by atoms with Gasteiger partial charge in [-0.3, -0.25) is 4.99 Å². The lowest BCUT2D eigenvalue weighted by molar-refractivity contribution is -0.140. The summed E-state index contributed by atoms with van der Waals surface area (Å²) < 4.78 is 44.7. The minimum absolute atomic E-state index is 0.140. The molecule has 0 bridgehead atoms. The number of hydrogen-bond donors (Lipinski definition) is 2. The van der Waals surface area contributed by atoms with Crippen LogP contribution in [-0.2, 0) is 19.3 Å². The van der Waals surface area contributed by atoms with E-state index in [1.165, 1.54) is 0 Å². The van der Waals surface area contributed by atoms with Gasteiger partial charge in [-0.25, -0.2) is 9.67 Å². The van der Waals surface area contributed by atoms with Gasteiger partial charge in [0, 0.05) is 18.6 Å². The average molecular weight is 424 g/mol. The van der Waals surface area contributed by atoms with Crippen molar-refractivity contribution >= 4 is 17.3 Å². The van der Waals surface area contributed by atoms with Crippen LogP contribution in [0.4, 0.5) is 13.2 Å². The predicted octanol–water partition coefficient (Wildman–Crippen LogP) is 3.22. The number of nitrogens with one attached hydrogen (secondary N) is 2. The van der Waals surface area contributed by atoms with Gasteiger partial charge in [0.2, 0.25) is 0 Å². The Hall–Kier alpha value is -3.08. The van der Waals surface area contributed by atoms with E-state index in [4.69, 9.17) is 4.74 Å². The molecule has 2 N–H and O–H groups in total. The van der Waals surface area contributed by atoms with E-state index in [2.05, 4.69) is 25.7 Å². The Labute approximate surface area is 169 Å².